The van der Waals surface area contributed by atoms with Gasteiger partial charge in [-0.2, -0.15) is 0 Å². The van der Waals surface area contributed by atoms with E-state index in [1.54, 1.807) is 0 Å². The molecule has 3 N–H and O–H groups in total. The van der Waals surface area contributed by atoms with Crippen LogP contribution in [0.4, 0.5) is 19.3 Å². The number of urea groups is 1. The SMILES string of the molecule is O=C(NCC1CCCC1C(=O)O)Nc1ccc(F)cc1F. The van der Waals surface area contributed by atoms with Gasteiger partial charge >= 0.3 is 12.0 Å². The fraction of sp³-hybridized carbons (Fsp3) is 0.429. The van der Waals surface area contributed by atoms with E-state index >= 15 is 0 Å². The van der Waals surface area contributed by atoms with Crippen LogP contribution in [-0.4, -0.2) is 23.7 Å². The Morgan fingerprint density at radius 2 is 2.05 bits per heavy atom. The first kappa shape index (κ1) is 15.2. The number of amides is 2. The normalized spacial score (nSPS) is 21.0. The molecule has 0 saturated heterocycles. The maximum Gasteiger partial charge on any atom is 0.319 e. The zero-order valence-corrected chi connectivity index (χ0v) is 11.2. The van der Waals surface area contributed by atoms with Gasteiger partial charge in [0.2, 0.25) is 0 Å². The topological polar surface area (TPSA) is 78.4 Å². The van der Waals surface area contributed by atoms with E-state index in [-0.39, 0.29) is 18.2 Å². The Labute approximate surface area is 120 Å². The van der Waals surface area contributed by atoms with Crippen LogP contribution in [-0.2, 0) is 4.79 Å². The Morgan fingerprint density at radius 1 is 1.29 bits per heavy atom. The molecule has 0 radical (unpaired) electrons. The van der Waals surface area contributed by atoms with Crippen LogP contribution in [0, 0.1) is 23.5 Å². The van der Waals surface area contributed by atoms with Crippen molar-refractivity contribution in [2.45, 2.75) is 19.3 Å². The lowest BCUT2D eigenvalue weighted by atomic mass is 9.96. The molecular formula is C14H16F2N2O3. The third kappa shape index (κ3) is 3.90. The summed E-state index contributed by atoms with van der Waals surface area (Å²) in [7, 11) is 0. The Hall–Kier alpha value is -2.18. The van der Waals surface area contributed by atoms with Gasteiger partial charge in [-0.25, -0.2) is 13.6 Å². The van der Waals surface area contributed by atoms with Crippen molar-refractivity contribution in [1.82, 2.24) is 5.32 Å². The number of hydrogen-bond acceptors (Lipinski definition) is 2. The molecule has 0 bridgehead atoms. The van der Waals surface area contributed by atoms with E-state index in [0.717, 1.165) is 25.0 Å². The van der Waals surface area contributed by atoms with Crippen molar-refractivity contribution in [1.29, 1.82) is 0 Å². The number of benzene rings is 1. The number of carbonyl (C=O) groups is 2. The van der Waals surface area contributed by atoms with Gasteiger partial charge in [0.15, 0.2) is 0 Å². The third-order valence-corrected chi connectivity index (χ3v) is 3.68. The predicted molar refractivity (Wildman–Crippen MR) is 71.8 cm³/mol. The summed E-state index contributed by atoms with van der Waals surface area (Å²) in [5, 5.41) is 13.8. The minimum atomic E-state index is -0.866. The number of carboxylic acids is 1. The quantitative estimate of drug-likeness (QED) is 0.799. The van der Waals surface area contributed by atoms with E-state index in [0.29, 0.717) is 12.5 Å². The van der Waals surface area contributed by atoms with Gasteiger partial charge in [0.1, 0.15) is 11.6 Å². The van der Waals surface area contributed by atoms with Crippen molar-refractivity contribution >= 4 is 17.7 Å². The summed E-state index contributed by atoms with van der Waals surface area (Å²) >= 11 is 0. The molecule has 1 saturated carbocycles. The summed E-state index contributed by atoms with van der Waals surface area (Å²) < 4.78 is 26.1. The monoisotopic (exact) mass is 298 g/mol. The minimum absolute atomic E-state index is 0.119. The molecule has 0 aromatic heterocycles. The Balaban J connectivity index is 1.86. The highest BCUT2D eigenvalue weighted by atomic mass is 19.1. The van der Waals surface area contributed by atoms with Crippen LogP contribution in [0.2, 0.25) is 0 Å². The van der Waals surface area contributed by atoms with Crippen LogP contribution < -0.4 is 10.6 Å². The summed E-state index contributed by atoms with van der Waals surface area (Å²) in [6.07, 6.45) is 2.16. The summed E-state index contributed by atoms with van der Waals surface area (Å²) in [6, 6.07) is 2.19. The molecule has 2 unspecified atom stereocenters. The summed E-state index contributed by atoms with van der Waals surface area (Å²) in [5.41, 5.74) is -0.130. The van der Waals surface area contributed by atoms with Gasteiger partial charge in [0, 0.05) is 12.6 Å². The largest absolute Gasteiger partial charge is 0.481 e. The van der Waals surface area contributed by atoms with Crippen molar-refractivity contribution in [2.75, 3.05) is 11.9 Å². The highest BCUT2D eigenvalue weighted by molar-refractivity contribution is 5.89. The lowest BCUT2D eigenvalue weighted by Crippen LogP contribution is -2.35. The van der Waals surface area contributed by atoms with E-state index in [1.165, 1.54) is 0 Å². The summed E-state index contributed by atoms with van der Waals surface area (Å²) in [5.74, 6) is -3.02. The Morgan fingerprint density at radius 3 is 2.71 bits per heavy atom. The maximum absolute atomic E-state index is 13.4. The molecule has 1 aromatic rings. The van der Waals surface area contributed by atoms with E-state index in [9.17, 15) is 18.4 Å². The lowest BCUT2D eigenvalue weighted by Gasteiger charge is -2.16. The molecular weight excluding hydrogens is 282 g/mol. The van der Waals surface area contributed by atoms with Gasteiger partial charge in [0.05, 0.1) is 11.6 Å². The number of hydrogen-bond donors (Lipinski definition) is 3. The fourth-order valence-corrected chi connectivity index (χ4v) is 2.59. The van der Waals surface area contributed by atoms with Crippen LogP contribution in [0.1, 0.15) is 19.3 Å². The molecule has 0 spiro atoms. The minimum Gasteiger partial charge on any atom is -0.481 e. The molecule has 7 heteroatoms. The van der Waals surface area contributed by atoms with Crippen molar-refractivity contribution in [3.63, 3.8) is 0 Å². The molecule has 21 heavy (non-hydrogen) atoms. The first-order chi connectivity index (χ1) is 9.97. The smallest absolute Gasteiger partial charge is 0.319 e. The number of aliphatic carboxylic acids is 1. The number of anilines is 1. The fourth-order valence-electron chi connectivity index (χ4n) is 2.59. The standard InChI is InChI=1S/C14H16F2N2O3/c15-9-4-5-12(11(16)6-9)18-14(21)17-7-8-2-1-3-10(8)13(19)20/h4-6,8,10H,1-3,7H2,(H,19,20)(H2,17,18,21). The molecule has 1 fully saturated rings. The van der Waals surface area contributed by atoms with Crippen molar-refractivity contribution < 1.29 is 23.5 Å². The second-order valence-corrected chi connectivity index (χ2v) is 5.09. The number of rotatable bonds is 4. The van der Waals surface area contributed by atoms with Crippen LogP contribution in [0.15, 0.2) is 18.2 Å². The average Bonchev–Trinajstić information content (AvgIpc) is 2.88. The predicted octanol–water partition coefficient (Wildman–Crippen LogP) is 2.59. The van der Waals surface area contributed by atoms with Gasteiger partial charge < -0.3 is 15.7 Å². The van der Waals surface area contributed by atoms with Crippen molar-refractivity contribution in [3.8, 4) is 0 Å². The highest BCUT2D eigenvalue weighted by Gasteiger charge is 2.32. The molecule has 2 rings (SSSR count). The Kier molecular flexibility index (Phi) is 4.72. The van der Waals surface area contributed by atoms with E-state index in [4.69, 9.17) is 5.11 Å². The third-order valence-electron chi connectivity index (χ3n) is 3.68. The van der Waals surface area contributed by atoms with E-state index in [1.807, 2.05) is 0 Å². The highest BCUT2D eigenvalue weighted by Crippen LogP contribution is 2.31. The number of carbonyl (C=O) groups excluding carboxylic acids is 1. The second-order valence-electron chi connectivity index (χ2n) is 5.09. The molecule has 5 nitrogen and oxygen atoms in total. The number of carboxylic acid groups (broad SMARTS) is 1. The summed E-state index contributed by atoms with van der Waals surface area (Å²) in [4.78, 5) is 22.7. The van der Waals surface area contributed by atoms with Crippen LogP contribution in [0.5, 0.6) is 0 Å². The second kappa shape index (κ2) is 6.51. The van der Waals surface area contributed by atoms with Gasteiger partial charge in [-0.1, -0.05) is 6.42 Å². The van der Waals surface area contributed by atoms with Crippen LogP contribution >= 0.6 is 0 Å². The van der Waals surface area contributed by atoms with E-state index in [2.05, 4.69) is 10.6 Å². The van der Waals surface area contributed by atoms with E-state index < -0.39 is 29.6 Å². The van der Waals surface area contributed by atoms with Gasteiger partial charge in [0.25, 0.3) is 0 Å². The molecule has 0 heterocycles. The molecule has 1 aromatic carbocycles. The van der Waals surface area contributed by atoms with Crippen molar-refractivity contribution in [3.05, 3.63) is 29.8 Å². The van der Waals surface area contributed by atoms with Crippen LogP contribution in [0.25, 0.3) is 0 Å². The number of halogens is 2. The van der Waals surface area contributed by atoms with Gasteiger partial charge in [-0.15, -0.1) is 0 Å². The lowest BCUT2D eigenvalue weighted by molar-refractivity contribution is -0.142. The average molecular weight is 298 g/mol. The first-order valence-corrected chi connectivity index (χ1v) is 6.70. The molecule has 2 atom stereocenters. The molecule has 114 valence electrons. The van der Waals surface area contributed by atoms with Gasteiger partial charge in [-0.05, 0) is 30.9 Å². The molecule has 1 aliphatic carbocycles. The molecule has 2 amide bonds. The van der Waals surface area contributed by atoms with Crippen molar-refractivity contribution in [2.24, 2.45) is 11.8 Å². The zero-order valence-electron chi connectivity index (χ0n) is 11.2. The molecule has 1 aliphatic rings. The van der Waals surface area contributed by atoms with Gasteiger partial charge in [-0.3, -0.25) is 4.79 Å². The Bertz CT molecular complexity index is 551. The summed E-state index contributed by atoms with van der Waals surface area (Å²) in [6.45, 7) is 0.214. The number of nitrogens with one attached hydrogen (secondary N) is 2. The van der Waals surface area contributed by atoms with Crippen LogP contribution in [0.3, 0.4) is 0 Å². The molecule has 0 aliphatic heterocycles. The first-order valence-electron chi connectivity index (χ1n) is 6.70. The zero-order chi connectivity index (χ0) is 15.4. The maximum atomic E-state index is 13.4.